The minimum atomic E-state index is 0.211. The molecule has 0 radical (unpaired) electrons. The van der Waals surface area contributed by atoms with E-state index < -0.39 is 0 Å². The number of aromatic nitrogens is 4. The number of rotatable bonds is 6. The zero-order valence-electron chi connectivity index (χ0n) is 14.4. The second kappa shape index (κ2) is 6.84. The number of nitrogens with zero attached hydrogens (tertiary/aromatic N) is 5. The van der Waals surface area contributed by atoms with E-state index in [9.17, 15) is 0 Å². The molecule has 0 aliphatic rings. The highest BCUT2D eigenvalue weighted by molar-refractivity contribution is 5.45. The number of anilines is 1. The topological polar surface area (TPSA) is 67.6 Å². The van der Waals surface area contributed by atoms with Crippen LogP contribution in [0.5, 0.6) is 5.75 Å². The Kier molecular flexibility index (Phi) is 4.61. The van der Waals surface area contributed by atoms with Crippen LogP contribution >= 0.6 is 0 Å². The van der Waals surface area contributed by atoms with Crippen molar-refractivity contribution in [2.45, 2.75) is 13.0 Å². The van der Waals surface area contributed by atoms with Crippen LogP contribution in [-0.2, 0) is 0 Å². The van der Waals surface area contributed by atoms with Gasteiger partial charge in [0.2, 0.25) is 0 Å². The van der Waals surface area contributed by atoms with Crippen LogP contribution in [0.4, 0.5) is 5.82 Å². The van der Waals surface area contributed by atoms with Crippen LogP contribution in [0, 0.1) is 6.92 Å². The number of hydrogen-bond donors (Lipinski definition) is 1. The van der Waals surface area contributed by atoms with Gasteiger partial charge in [-0.15, -0.1) is 0 Å². The molecule has 1 aromatic carbocycles. The van der Waals surface area contributed by atoms with E-state index in [-0.39, 0.29) is 6.04 Å². The molecule has 0 amide bonds. The van der Waals surface area contributed by atoms with Crippen molar-refractivity contribution in [3.63, 3.8) is 0 Å². The number of benzene rings is 1. The molecule has 0 saturated carbocycles. The largest absolute Gasteiger partial charge is 0.497 e. The quantitative estimate of drug-likeness (QED) is 0.749. The van der Waals surface area contributed by atoms with Gasteiger partial charge in [-0.3, -0.25) is 0 Å². The number of nitrogens with one attached hydrogen (secondary N) is 1. The molecule has 0 aliphatic heterocycles. The van der Waals surface area contributed by atoms with E-state index in [0.29, 0.717) is 5.78 Å². The van der Waals surface area contributed by atoms with Crippen molar-refractivity contribution in [1.29, 1.82) is 0 Å². The molecular weight excluding hydrogens is 304 g/mol. The van der Waals surface area contributed by atoms with Crippen LogP contribution in [-0.4, -0.2) is 52.2 Å². The van der Waals surface area contributed by atoms with Crippen molar-refractivity contribution in [3.05, 3.63) is 47.9 Å². The van der Waals surface area contributed by atoms with Gasteiger partial charge in [-0.25, -0.2) is 4.98 Å². The Morgan fingerprint density at radius 3 is 2.67 bits per heavy atom. The van der Waals surface area contributed by atoms with Crippen molar-refractivity contribution in [2.24, 2.45) is 0 Å². The minimum Gasteiger partial charge on any atom is -0.497 e. The molecule has 2 aromatic heterocycles. The molecule has 7 heteroatoms. The maximum absolute atomic E-state index is 5.24. The number of hydrogen-bond acceptors (Lipinski definition) is 6. The first-order valence-corrected chi connectivity index (χ1v) is 7.80. The maximum Gasteiger partial charge on any atom is 0.254 e. The molecule has 2 heterocycles. The first kappa shape index (κ1) is 16.2. The van der Waals surface area contributed by atoms with Crippen LogP contribution < -0.4 is 10.1 Å². The first-order valence-electron chi connectivity index (χ1n) is 7.80. The summed E-state index contributed by atoms with van der Waals surface area (Å²) in [5.74, 6) is 2.34. The summed E-state index contributed by atoms with van der Waals surface area (Å²) < 4.78 is 6.95. The minimum absolute atomic E-state index is 0.211. The Morgan fingerprint density at radius 1 is 1.25 bits per heavy atom. The number of aryl methyl sites for hydroxylation is 1. The van der Waals surface area contributed by atoms with Gasteiger partial charge in [0.1, 0.15) is 17.9 Å². The molecule has 3 aromatic rings. The van der Waals surface area contributed by atoms with Crippen LogP contribution in [0.15, 0.2) is 36.7 Å². The van der Waals surface area contributed by atoms with Gasteiger partial charge in [0.15, 0.2) is 0 Å². The third-order valence-electron chi connectivity index (χ3n) is 3.98. The molecule has 0 bridgehead atoms. The van der Waals surface area contributed by atoms with Crippen LogP contribution in [0.1, 0.15) is 17.3 Å². The summed E-state index contributed by atoms with van der Waals surface area (Å²) in [5.41, 5.74) is 2.12. The van der Waals surface area contributed by atoms with Crippen molar-refractivity contribution >= 4 is 11.6 Å². The molecule has 24 heavy (non-hydrogen) atoms. The fourth-order valence-corrected chi connectivity index (χ4v) is 2.68. The molecule has 7 nitrogen and oxygen atoms in total. The zero-order chi connectivity index (χ0) is 17.1. The van der Waals surface area contributed by atoms with Crippen LogP contribution in [0.2, 0.25) is 0 Å². The highest BCUT2D eigenvalue weighted by Crippen LogP contribution is 2.22. The van der Waals surface area contributed by atoms with Crippen molar-refractivity contribution in [2.75, 3.05) is 33.1 Å². The van der Waals surface area contributed by atoms with Gasteiger partial charge in [-0.1, -0.05) is 12.1 Å². The predicted octanol–water partition coefficient (Wildman–Crippen LogP) is 2.16. The lowest BCUT2D eigenvalue weighted by molar-refractivity contribution is 0.311. The molecule has 1 unspecified atom stereocenters. The van der Waals surface area contributed by atoms with E-state index in [2.05, 4.69) is 51.5 Å². The molecule has 0 aliphatic carbocycles. The summed E-state index contributed by atoms with van der Waals surface area (Å²) in [6.45, 7) is 2.69. The normalized spacial score (nSPS) is 12.5. The number of fused-ring (bicyclic) bond motifs is 1. The number of methoxy groups -OCH3 is 1. The second-order valence-corrected chi connectivity index (χ2v) is 5.89. The maximum atomic E-state index is 5.24. The Labute approximate surface area is 141 Å². The first-order chi connectivity index (χ1) is 11.6. The van der Waals surface area contributed by atoms with Crippen molar-refractivity contribution < 1.29 is 4.74 Å². The van der Waals surface area contributed by atoms with Crippen LogP contribution in [0.25, 0.3) is 5.78 Å². The summed E-state index contributed by atoms with van der Waals surface area (Å²) >= 11 is 0. The van der Waals surface area contributed by atoms with Crippen LogP contribution in [0.3, 0.4) is 0 Å². The Hall–Kier alpha value is -2.67. The molecule has 0 spiro atoms. The zero-order valence-corrected chi connectivity index (χ0v) is 14.4. The van der Waals surface area contributed by atoms with E-state index >= 15 is 0 Å². The molecular formula is C17H22N6O. The van der Waals surface area contributed by atoms with E-state index in [1.165, 1.54) is 11.9 Å². The fourth-order valence-electron chi connectivity index (χ4n) is 2.68. The van der Waals surface area contributed by atoms with Gasteiger partial charge in [0.25, 0.3) is 5.78 Å². The number of ether oxygens (including phenoxy) is 1. The lowest BCUT2D eigenvalue weighted by Gasteiger charge is -2.25. The SMILES string of the molecule is COc1ccc(C(CNc2cc(C)nc3ncnn23)N(C)C)cc1. The summed E-state index contributed by atoms with van der Waals surface area (Å²) in [6, 6.07) is 10.3. The summed E-state index contributed by atoms with van der Waals surface area (Å²) in [5, 5.41) is 7.70. The highest BCUT2D eigenvalue weighted by Gasteiger charge is 2.15. The predicted molar refractivity (Wildman–Crippen MR) is 93.4 cm³/mol. The molecule has 126 valence electrons. The lowest BCUT2D eigenvalue weighted by atomic mass is 10.1. The lowest BCUT2D eigenvalue weighted by Crippen LogP contribution is -2.27. The molecule has 1 atom stereocenters. The molecule has 0 saturated heterocycles. The molecule has 3 rings (SSSR count). The third-order valence-corrected chi connectivity index (χ3v) is 3.98. The van der Waals surface area contributed by atoms with Gasteiger partial charge < -0.3 is 15.0 Å². The second-order valence-electron chi connectivity index (χ2n) is 5.89. The average molecular weight is 326 g/mol. The van der Waals surface area contributed by atoms with E-state index in [4.69, 9.17) is 4.74 Å². The summed E-state index contributed by atoms with van der Waals surface area (Å²) in [7, 11) is 5.81. The smallest absolute Gasteiger partial charge is 0.254 e. The number of likely N-dealkylation sites (N-methyl/N-ethyl adjacent to an activating group) is 1. The van der Waals surface area contributed by atoms with Crippen molar-refractivity contribution in [1.82, 2.24) is 24.5 Å². The van der Waals surface area contributed by atoms with E-state index in [1.807, 2.05) is 25.1 Å². The monoisotopic (exact) mass is 326 g/mol. The standard InChI is InChI=1S/C17H22N6O/c1-12-9-16(23-17(21-12)19-11-20-23)18-10-15(22(2)3)13-5-7-14(24-4)8-6-13/h5-9,11,15,18H,10H2,1-4H3. The summed E-state index contributed by atoms with van der Waals surface area (Å²) in [6.07, 6.45) is 1.51. The van der Waals surface area contributed by atoms with E-state index in [1.54, 1.807) is 11.6 Å². The Balaban J connectivity index is 1.81. The highest BCUT2D eigenvalue weighted by atomic mass is 16.5. The molecule has 1 N–H and O–H groups in total. The summed E-state index contributed by atoms with van der Waals surface area (Å²) in [4.78, 5) is 10.7. The van der Waals surface area contributed by atoms with E-state index in [0.717, 1.165) is 23.8 Å². The van der Waals surface area contributed by atoms with Gasteiger partial charge in [-0.05, 0) is 38.7 Å². The Morgan fingerprint density at radius 2 is 2.00 bits per heavy atom. The van der Waals surface area contributed by atoms with Gasteiger partial charge in [-0.2, -0.15) is 14.6 Å². The van der Waals surface area contributed by atoms with Gasteiger partial charge in [0, 0.05) is 18.3 Å². The Bertz CT molecular complexity index is 812. The average Bonchev–Trinajstić information content (AvgIpc) is 3.03. The van der Waals surface area contributed by atoms with Gasteiger partial charge in [0.05, 0.1) is 13.2 Å². The van der Waals surface area contributed by atoms with Crippen molar-refractivity contribution in [3.8, 4) is 5.75 Å². The fraction of sp³-hybridized carbons (Fsp3) is 0.353. The molecule has 0 fully saturated rings. The van der Waals surface area contributed by atoms with Gasteiger partial charge >= 0.3 is 0 Å². The third kappa shape index (κ3) is 3.30.